The van der Waals surface area contributed by atoms with E-state index in [4.69, 9.17) is 4.52 Å². The molecule has 2 unspecified atom stereocenters. The number of carbonyl (C=O) groups excluding carboxylic acids is 1. The van der Waals surface area contributed by atoms with Gasteiger partial charge in [-0.05, 0) is 50.2 Å². The number of aromatic nitrogens is 1. The zero-order chi connectivity index (χ0) is 19.9. The molecule has 152 valence electrons. The van der Waals surface area contributed by atoms with Crippen LogP contribution in [0.4, 0.5) is 0 Å². The number of nitrogens with one attached hydrogen (secondary N) is 1. The first-order valence-corrected chi connectivity index (χ1v) is 11.4. The largest absolute Gasteiger partial charge is 0.350 e. The lowest BCUT2D eigenvalue weighted by Crippen LogP contribution is -2.42. The third kappa shape index (κ3) is 5.40. The Balaban J connectivity index is 0.000000706. The van der Waals surface area contributed by atoms with Gasteiger partial charge in [0.25, 0.3) is 5.91 Å². The van der Waals surface area contributed by atoms with Gasteiger partial charge in [-0.2, -0.15) is 0 Å². The molecule has 0 saturated heterocycles. The Labute approximate surface area is 172 Å². The second-order valence-electron chi connectivity index (χ2n) is 8.09. The summed E-state index contributed by atoms with van der Waals surface area (Å²) >= 11 is 1.54. The first-order valence-electron chi connectivity index (χ1n) is 10.6. The van der Waals surface area contributed by atoms with E-state index in [9.17, 15) is 4.79 Å². The van der Waals surface area contributed by atoms with Crippen LogP contribution < -0.4 is 5.32 Å². The van der Waals surface area contributed by atoms with E-state index in [1.807, 2.05) is 37.3 Å². The van der Waals surface area contributed by atoms with Crippen molar-refractivity contribution in [3.63, 3.8) is 0 Å². The quantitative estimate of drug-likeness (QED) is 0.659. The van der Waals surface area contributed by atoms with Gasteiger partial charge in [0.1, 0.15) is 0 Å². The fraction of sp³-hybridized carbons (Fsp3) is 0.565. The van der Waals surface area contributed by atoms with Gasteiger partial charge in [-0.3, -0.25) is 4.79 Å². The zero-order valence-corrected chi connectivity index (χ0v) is 18.1. The summed E-state index contributed by atoms with van der Waals surface area (Å²) in [5, 5.41) is 7.24. The van der Waals surface area contributed by atoms with Gasteiger partial charge in [0.2, 0.25) is 5.76 Å². The summed E-state index contributed by atoms with van der Waals surface area (Å²) in [6.45, 7) is 6.14. The maximum Gasteiger partial charge on any atom is 0.291 e. The molecule has 2 aliphatic carbocycles. The van der Waals surface area contributed by atoms with Crippen molar-refractivity contribution < 1.29 is 9.32 Å². The molecule has 0 radical (unpaired) electrons. The summed E-state index contributed by atoms with van der Waals surface area (Å²) in [7, 11) is 0. The number of rotatable bonds is 4. The lowest BCUT2D eigenvalue weighted by atomic mass is 9.70. The van der Waals surface area contributed by atoms with Crippen LogP contribution in [-0.2, 0) is 0 Å². The monoisotopic (exact) mass is 400 g/mol. The SMILES string of the molecule is CCC.Cc1noc(C(=O)NC2CC3CCCC(C3)C2)c1Sc1ccccc1. The Morgan fingerprint density at radius 2 is 1.79 bits per heavy atom. The summed E-state index contributed by atoms with van der Waals surface area (Å²) < 4.78 is 5.38. The van der Waals surface area contributed by atoms with E-state index >= 15 is 0 Å². The Hall–Kier alpha value is -1.75. The van der Waals surface area contributed by atoms with Gasteiger partial charge >= 0.3 is 0 Å². The van der Waals surface area contributed by atoms with Crippen LogP contribution in [0.3, 0.4) is 0 Å². The smallest absolute Gasteiger partial charge is 0.291 e. The Kier molecular flexibility index (Phi) is 7.60. The number of nitrogens with zero attached hydrogens (tertiary/aromatic N) is 1. The second-order valence-corrected chi connectivity index (χ2v) is 9.17. The topological polar surface area (TPSA) is 55.1 Å². The van der Waals surface area contributed by atoms with E-state index in [1.54, 1.807) is 0 Å². The zero-order valence-electron chi connectivity index (χ0n) is 17.2. The van der Waals surface area contributed by atoms with Gasteiger partial charge < -0.3 is 9.84 Å². The molecular weight excluding hydrogens is 368 g/mol. The van der Waals surface area contributed by atoms with Crippen molar-refractivity contribution in [2.75, 3.05) is 0 Å². The molecule has 2 saturated carbocycles. The molecule has 2 aromatic rings. The minimum Gasteiger partial charge on any atom is -0.350 e. The highest BCUT2D eigenvalue weighted by Gasteiger charge is 2.33. The highest BCUT2D eigenvalue weighted by atomic mass is 32.2. The van der Waals surface area contributed by atoms with Crippen LogP contribution in [0.15, 0.2) is 44.6 Å². The van der Waals surface area contributed by atoms with Crippen molar-refractivity contribution in [1.29, 1.82) is 0 Å². The van der Waals surface area contributed by atoms with Gasteiger partial charge in [0.15, 0.2) is 0 Å². The van der Waals surface area contributed by atoms with Crippen LogP contribution in [0.25, 0.3) is 0 Å². The Morgan fingerprint density at radius 3 is 2.43 bits per heavy atom. The van der Waals surface area contributed by atoms with Crippen LogP contribution in [0.1, 0.15) is 75.0 Å². The van der Waals surface area contributed by atoms with Crippen LogP contribution in [0.5, 0.6) is 0 Å². The van der Waals surface area contributed by atoms with Gasteiger partial charge in [0.05, 0.1) is 10.6 Å². The van der Waals surface area contributed by atoms with E-state index in [0.29, 0.717) is 5.76 Å². The van der Waals surface area contributed by atoms with Crippen molar-refractivity contribution in [2.24, 2.45) is 11.8 Å². The molecule has 4 rings (SSSR count). The molecule has 1 amide bonds. The van der Waals surface area contributed by atoms with Crippen molar-refractivity contribution in [3.05, 3.63) is 41.8 Å². The maximum atomic E-state index is 12.8. The summed E-state index contributed by atoms with van der Waals surface area (Å²) in [5.41, 5.74) is 0.763. The van der Waals surface area contributed by atoms with Crippen molar-refractivity contribution in [1.82, 2.24) is 10.5 Å². The minimum atomic E-state index is -0.121. The standard InChI is InChI=1S/C20H24N2O2S.C3H8/c1-13-19(25-17-8-3-2-4-9-17)18(24-22-13)20(23)21-16-11-14-6-5-7-15(10-14)12-16;1-3-2/h2-4,8-9,14-16H,5-7,10-12H2,1H3,(H,21,23);3H2,1-2H3. The maximum absolute atomic E-state index is 12.8. The third-order valence-electron chi connectivity index (χ3n) is 5.44. The molecule has 28 heavy (non-hydrogen) atoms. The van der Waals surface area contributed by atoms with Gasteiger partial charge in [-0.1, -0.05) is 74.6 Å². The molecule has 2 fully saturated rings. The van der Waals surface area contributed by atoms with Crippen LogP contribution in [-0.4, -0.2) is 17.1 Å². The molecule has 4 nitrogen and oxygen atoms in total. The Morgan fingerprint density at radius 1 is 1.14 bits per heavy atom. The van der Waals surface area contributed by atoms with Crippen molar-refractivity contribution in [3.8, 4) is 0 Å². The first-order chi connectivity index (χ1) is 13.6. The summed E-state index contributed by atoms with van der Waals surface area (Å²) in [5.74, 6) is 1.80. The molecule has 2 aliphatic rings. The number of benzene rings is 1. The van der Waals surface area contributed by atoms with E-state index in [0.717, 1.165) is 40.2 Å². The number of carbonyl (C=O) groups is 1. The second kappa shape index (κ2) is 10.1. The lowest BCUT2D eigenvalue weighted by Gasteiger charge is -2.39. The predicted octanol–water partition coefficient (Wildman–Crippen LogP) is 6.25. The highest BCUT2D eigenvalue weighted by molar-refractivity contribution is 7.99. The molecular formula is C23H32N2O2S. The molecule has 1 aromatic heterocycles. The highest BCUT2D eigenvalue weighted by Crippen LogP contribution is 2.40. The van der Waals surface area contributed by atoms with Crippen LogP contribution in [0, 0.1) is 18.8 Å². The first kappa shape index (κ1) is 21.0. The molecule has 1 N–H and O–H groups in total. The van der Waals surface area contributed by atoms with Crippen molar-refractivity contribution in [2.45, 2.75) is 81.5 Å². The van der Waals surface area contributed by atoms with E-state index < -0.39 is 0 Å². The summed E-state index contributed by atoms with van der Waals surface area (Å²) in [4.78, 5) is 14.7. The molecule has 1 heterocycles. The van der Waals surface area contributed by atoms with E-state index in [2.05, 4.69) is 24.3 Å². The fourth-order valence-corrected chi connectivity index (χ4v) is 5.27. The van der Waals surface area contributed by atoms with Crippen molar-refractivity contribution >= 4 is 17.7 Å². The predicted molar refractivity (Wildman–Crippen MR) is 114 cm³/mol. The summed E-state index contributed by atoms with van der Waals surface area (Å²) in [6.07, 6.45) is 8.81. The molecule has 2 atom stereocenters. The molecule has 0 aliphatic heterocycles. The number of fused-ring (bicyclic) bond motifs is 2. The van der Waals surface area contributed by atoms with Gasteiger partial charge in [-0.15, -0.1) is 0 Å². The number of hydrogen-bond donors (Lipinski definition) is 1. The molecule has 1 aromatic carbocycles. The van der Waals surface area contributed by atoms with Crippen LogP contribution in [0.2, 0.25) is 0 Å². The normalized spacial score (nSPS) is 23.5. The Bertz CT molecular complexity index is 747. The van der Waals surface area contributed by atoms with Gasteiger partial charge in [0, 0.05) is 10.9 Å². The molecule has 0 spiro atoms. The minimum absolute atomic E-state index is 0.121. The lowest BCUT2D eigenvalue weighted by molar-refractivity contribution is 0.0840. The fourth-order valence-electron chi connectivity index (χ4n) is 4.33. The molecule has 2 bridgehead atoms. The third-order valence-corrected chi connectivity index (χ3v) is 6.63. The van der Waals surface area contributed by atoms with Crippen LogP contribution >= 0.6 is 11.8 Å². The average molecular weight is 401 g/mol. The number of aryl methyl sites for hydroxylation is 1. The number of hydrogen-bond acceptors (Lipinski definition) is 4. The number of amides is 1. The summed E-state index contributed by atoms with van der Waals surface area (Å²) in [6, 6.07) is 10.3. The average Bonchev–Trinajstić information content (AvgIpc) is 3.03. The van der Waals surface area contributed by atoms with Gasteiger partial charge in [-0.25, -0.2) is 0 Å². The molecule has 5 heteroatoms. The van der Waals surface area contributed by atoms with E-state index in [-0.39, 0.29) is 11.9 Å². The van der Waals surface area contributed by atoms with E-state index in [1.165, 1.54) is 43.9 Å².